The van der Waals surface area contributed by atoms with E-state index in [0.29, 0.717) is 24.3 Å². The van der Waals surface area contributed by atoms with Gasteiger partial charge in [-0.1, -0.05) is 13.8 Å². The monoisotopic (exact) mass is 274 g/mol. The summed E-state index contributed by atoms with van der Waals surface area (Å²) in [6.07, 6.45) is 4.26. The lowest BCUT2D eigenvalue weighted by Gasteiger charge is -2.40. The van der Waals surface area contributed by atoms with Crippen LogP contribution in [0.25, 0.3) is 0 Å². The van der Waals surface area contributed by atoms with Gasteiger partial charge in [-0.15, -0.1) is 0 Å². The van der Waals surface area contributed by atoms with Crippen molar-refractivity contribution in [3.05, 3.63) is 0 Å². The molecule has 0 aromatic heterocycles. The Labute approximate surface area is 111 Å². The highest BCUT2D eigenvalue weighted by Crippen LogP contribution is 2.38. The smallest absolute Gasteiger partial charge is 0.152 e. The second kappa shape index (κ2) is 5.10. The first-order valence-electron chi connectivity index (χ1n) is 7.06. The zero-order valence-corrected chi connectivity index (χ0v) is 12.4. The minimum absolute atomic E-state index is 0.269. The van der Waals surface area contributed by atoms with Crippen LogP contribution in [-0.4, -0.2) is 49.5 Å². The summed E-state index contributed by atoms with van der Waals surface area (Å²) in [5.74, 6) is 1.24. The fourth-order valence-corrected chi connectivity index (χ4v) is 5.08. The van der Waals surface area contributed by atoms with Crippen molar-refractivity contribution in [2.45, 2.75) is 51.1 Å². The summed E-state index contributed by atoms with van der Waals surface area (Å²) < 4.78 is 23.6. The lowest BCUT2D eigenvalue weighted by molar-refractivity contribution is 0.100. The number of rotatable bonds is 6. The van der Waals surface area contributed by atoms with E-state index in [2.05, 4.69) is 18.7 Å². The van der Waals surface area contributed by atoms with E-state index in [0.717, 1.165) is 19.4 Å². The normalized spacial score (nSPS) is 31.4. The molecule has 2 fully saturated rings. The third-order valence-electron chi connectivity index (χ3n) is 4.29. The van der Waals surface area contributed by atoms with Crippen molar-refractivity contribution in [2.24, 2.45) is 11.7 Å². The molecule has 1 aliphatic heterocycles. The molecule has 1 heterocycles. The molecule has 1 unspecified atom stereocenters. The van der Waals surface area contributed by atoms with E-state index in [1.165, 1.54) is 12.8 Å². The van der Waals surface area contributed by atoms with Gasteiger partial charge in [0.25, 0.3) is 0 Å². The predicted molar refractivity (Wildman–Crippen MR) is 74.2 cm³/mol. The summed E-state index contributed by atoms with van der Waals surface area (Å²) in [7, 11) is -2.88. The van der Waals surface area contributed by atoms with Crippen molar-refractivity contribution in [1.29, 1.82) is 0 Å². The van der Waals surface area contributed by atoms with Crippen LogP contribution >= 0.6 is 0 Å². The van der Waals surface area contributed by atoms with E-state index >= 15 is 0 Å². The van der Waals surface area contributed by atoms with E-state index in [4.69, 9.17) is 5.73 Å². The fourth-order valence-electron chi connectivity index (χ4n) is 2.99. The molecule has 5 heteroatoms. The standard InChI is InChI=1S/C13H26N2O2S/c1-11(2)5-7-15(12-3-4-12)13(9-14)6-8-18(16,17)10-13/h11-12H,3-10,14H2,1-2H3. The van der Waals surface area contributed by atoms with Crippen LogP contribution in [0, 0.1) is 5.92 Å². The van der Waals surface area contributed by atoms with E-state index in [9.17, 15) is 8.42 Å². The SMILES string of the molecule is CC(C)CCN(C1CC1)C1(CN)CCS(=O)(=O)C1. The Morgan fingerprint density at radius 2 is 2.06 bits per heavy atom. The Morgan fingerprint density at radius 3 is 2.44 bits per heavy atom. The lowest BCUT2D eigenvalue weighted by atomic mass is 9.95. The maximum atomic E-state index is 11.8. The average Bonchev–Trinajstić information content (AvgIpc) is 3.04. The van der Waals surface area contributed by atoms with Gasteiger partial charge in [-0.3, -0.25) is 4.90 Å². The van der Waals surface area contributed by atoms with Crippen LogP contribution in [0.4, 0.5) is 0 Å². The van der Waals surface area contributed by atoms with Gasteiger partial charge >= 0.3 is 0 Å². The quantitative estimate of drug-likeness (QED) is 0.785. The van der Waals surface area contributed by atoms with Crippen LogP contribution < -0.4 is 5.73 Å². The van der Waals surface area contributed by atoms with Gasteiger partial charge in [0.2, 0.25) is 0 Å². The molecular weight excluding hydrogens is 248 g/mol. The Morgan fingerprint density at radius 1 is 1.39 bits per heavy atom. The number of hydrogen-bond acceptors (Lipinski definition) is 4. The highest BCUT2D eigenvalue weighted by atomic mass is 32.2. The first-order chi connectivity index (χ1) is 8.38. The van der Waals surface area contributed by atoms with Gasteiger partial charge in [0, 0.05) is 18.1 Å². The molecular formula is C13H26N2O2S. The van der Waals surface area contributed by atoms with Crippen LogP contribution in [0.5, 0.6) is 0 Å². The Hall–Kier alpha value is -0.130. The van der Waals surface area contributed by atoms with Crippen molar-refractivity contribution in [3.63, 3.8) is 0 Å². The molecule has 4 nitrogen and oxygen atoms in total. The molecule has 0 bridgehead atoms. The molecule has 18 heavy (non-hydrogen) atoms. The Balaban J connectivity index is 2.12. The summed E-state index contributed by atoms with van der Waals surface area (Å²) in [5.41, 5.74) is 5.69. The minimum Gasteiger partial charge on any atom is -0.329 e. The largest absolute Gasteiger partial charge is 0.329 e. The van der Waals surface area contributed by atoms with Crippen molar-refractivity contribution in [2.75, 3.05) is 24.6 Å². The van der Waals surface area contributed by atoms with Crippen LogP contribution in [0.3, 0.4) is 0 Å². The second-order valence-electron chi connectivity index (χ2n) is 6.38. The summed E-state index contributed by atoms with van der Waals surface area (Å²) >= 11 is 0. The van der Waals surface area contributed by atoms with Crippen molar-refractivity contribution in [1.82, 2.24) is 4.90 Å². The summed E-state index contributed by atoms with van der Waals surface area (Å²) in [6, 6.07) is 0.584. The zero-order valence-electron chi connectivity index (χ0n) is 11.6. The Kier molecular flexibility index (Phi) is 4.04. The zero-order chi connectivity index (χ0) is 13.4. The van der Waals surface area contributed by atoms with Gasteiger partial charge < -0.3 is 5.73 Å². The molecule has 2 rings (SSSR count). The average molecular weight is 274 g/mol. The summed E-state index contributed by atoms with van der Waals surface area (Å²) in [4.78, 5) is 2.43. The van der Waals surface area contributed by atoms with E-state index in [1.54, 1.807) is 0 Å². The molecule has 1 saturated heterocycles. The predicted octanol–water partition coefficient (Wildman–Crippen LogP) is 1.01. The molecule has 0 aromatic rings. The second-order valence-corrected chi connectivity index (χ2v) is 8.56. The number of nitrogens with zero attached hydrogens (tertiary/aromatic N) is 1. The third-order valence-corrected chi connectivity index (χ3v) is 6.09. The first kappa shape index (κ1) is 14.3. The van der Waals surface area contributed by atoms with Crippen LogP contribution in [0.15, 0.2) is 0 Å². The molecule has 0 amide bonds. The maximum Gasteiger partial charge on any atom is 0.152 e. The molecule has 0 aromatic carbocycles. The fraction of sp³-hybridized carbons (Fsp3) is 1.00. The summed E-state index contributed by atoms with van der Waals surface area (Å²) in [5, 5.41) is 0. The highest BCUT2D eigenvalue weighted by Gasteiger charge is 2.49. The Bertz CT molecular complexity index is 390. The van der Waals surface area contributed by atoms with Crippen LogP contribution in [0.2, 0.25) is 0 Å². The topological polar surface area (TPSA) is 63.4 Å². The molecule has 1 atom stereocenters. The summed E-state index contributed by atoms with van der Waals surface area (Å²) in [6.45, 7) is 5.90. The van der Waals surface area contributed by atoms with Crippen molar-refractivity contribution in [3.8, 4) is 0 Å². The third kappa shape index (κ3) is 3.06. The molecule has 0 spiro atoms. The van der Waals surface area contributed by atoms with E-state index in [-0.39, 0.29) is 11.3 Å². The van der Waals surface area contributed by atoms with Crippen LogP contribution in [-0.2, 0) is 9.84 Å². The van der Waals surface area contributed by atoms with Gasteiger partial charge in [-0.05, 0) is 38.1 Å². The van der Waals surface area contributed by atoms with E-state index < -0.39 is 9.84 Å². The highest BCUT2D eigenvalue weighted by molar-refractivity contribution is 7.91. The molecule has 2 aliphatic rings. The number of sulfone groups is 1. The lowest BCUT2D eigenvalue weighted by Crippen LogP contribution is -2.56. The minimum atomic E-state index is -2.88. The van der Waals surface area contributed by atoms with Crippen LogP contribution in [0.1, 0.15) is 39.5 Å². The maximum absolute atomic E-state index is 11.8. The van der Waals surface area contributed by atoms with Gasteiger partial charge in [-0.25, -0.2) is 8.42 Å². The van der Waals surface area contributed by atoms with Gasteiger partial charge in [0.1, 0.15) is 0 Å². The van der Waals surface area contributed by atoms with E-state index in [1.807, 2.05) is 0 Å². The molecule has 1 saturated carbocycles. The molecule has 0 radical (unpaired) electrons. The van der Waals surface area contributed by atoms with Crippen molar-refractivity contribution >= 4 is 9.84 Å². The number of hydrogen-bond donors (Lipinski definition) is 1. The first-order valence-corrected chi connectivity index (χ1v) is 8.88. The van der Waals surface area contributed by atoms with Crippen molar-refractivity contribution < 1.29 is 8.42 Å². The number of nitrogens with two attached hydrogens (primary N) is 1. The molecule has 106 valence electrons. The molecule has 2 N–H and O–H groups in total. The van der Waals surface area contributed by atoms with Gasteiger partial charge in [0.15, 0.2) is 9.84 Å². The van der Waals surface area contributed by atoms with Gasteiger partial charge in [0.05, 0.1) is 11.5 Å². The molecule has 1 aliphatic carbocycles. The van der Waals surface area contributed by atoms with Gasteiger partial charge in [-0.2, -0.15) is 0 Å².